The molecule has 0 aromatic heterocycles. The van der Waals surface area contributed by atoms with Crippen molar-refractivity contribution in [2.45, 2.75) is 6.92 Å². The molecule has 0 saturated heterocycles. The zero-order valence-electron chi connectivity index (χ0n) is 8.97. The Balaban J connectivity index is 2.40. The molecule has 16 heavy (non-hydrogen) atoms. The highest BCUT2D eigenvalue weighted by Crippen LogP contribution is 2.16. The number of hydrogen-bond acceptors (Lipinski definition) is 2. The zero-order valence-corrected chi connectivity index (χ0v) is 8.97. The summed E-state index contributed by atoms with van der Waals surface area (Å²) < 4.78 is 0. The molecule has 1 N–H and O–H groups in total. The Hall–Kier alpha value is -2.09. The maximum atomic E-state index is 12.1. The molecule has 2 heteroatoms. The van der Waals surface area contributed by atoms with Crippen LogP contribution in [0, 0.1) is 6.92 Å². The van der Waals surface area contributed by atoms with Crippen LogP contribution in [0.25, 0.3) is 0 Å². The van der Waals surface area contributed by atoms with E-state index in [0.29, 0.717) is 11.1 Å². The number of aromatic hydroxyl groups is 1. The van der Waals surface area contributed by atoms with Gasteiger partial charge >= 0.3 is 0 Å². The Morgan fingerprint density at radius 2 is 1.62 bits per heavy atom. The molecule has 0 amide bonds. The molecule has 0 spiro atoms. The molecule has 2 nitrogen and oxygen atoms in total. The second kappa shape index (κ2) is 4.19. The van der Waals surface area contributed by atoms with E-state index >= 15 is 0 Å². The van der Waals surface area contributed by atoms with Gasteiger partial charge in [-0.05, 0) is 36.8 Å². The minimum atomic E-state index is -0.0156. The highest BCUT2D eigenvalue weighted by Gasteiger charge is 2.10. The number of hydrogen-bond donors (Lipinski definition) is 1. The summed E-state index contributed by atoms with van der Waals surface area (Å²) in [5.74, 6) is 0.152. The number of carbonyl (C=O) groups excluding carboxylic acids is 1. The summed E-state index contributed by atoms with van der Waals surface area (Å²) in [4.78, 5) is 12.1. The van der Waals surface area contributed by atoms with Gasteiger partial charge in [-0.15, -0.1) is 0 Å². The first-order chi connectivity index (χ1) is 7.68. The molecule has 0 heterocycles. The molecule has 0 aliphatic heterocycles. The molecule has 0 atom stereocenters. The summed E-state index contributed by atoms with van der Waals surface area (Å²) in [7, 11) is 0. The van der Waals surface area contributed by atoms with Crippen LogP contribution in [0.15, 0.2) is 48.5 Å². The van der Waals surface area contributed by atoms with Crippen molar-refractivity contribution in [3.05, 3.63) is 65.2 Å². The van der Waals surface area contributed by atoms with Crippen molar-refractivity contribution >= 4 is 5.78 Å². The third-order valence-electron chi connectivity index (χ3n) is 2.52. The van der Waals surface area contributed by atoms with Crippen molar-refractivity contribution in [3.63, 3.8) is 0 Å². The Labute approximate surface area is 94.2 Å². The first-order valence-corrected chi connectivity index (χ1v) is 5.08. The van der Waals surface area contributed by atoms with Crippen LogP contribution in [0.3, 0.4) is 0 Å². The van der Waals surface area contributed by atoms with Gasteiger partial charge in [0.15, 0.2) is 5.78 Å². The monoisotopic (exact) mass is 212 g/mol. The number of phenols is 1. The van der Waals surface area contributed by atoms with E-state index in [1.165, 1.54) is 12.1 Å². The van der Waals surface area contributed by atoms with Crippen LogP contribution in [-0.4, -0.2) is 10.9 Å². The SMILES string of the molecule is Cc1ccccc1C(=O)c1ccc(O)cc1. The molecule has 0 aliphatic carbocycles. The van der Waals surface area contributed by atoms with Crippen LogP contribution in [-0.2, 0) is 0 Å². The van der Waals surface area contributed by atoms with Crippen LogP contribution in [0.1, 0.15) is 21.5 Å². The van der Waals surface area contributed by atoms with Crippen LogP contribution in [0.5, 0.6) is 5.75 Å². The molecule has 0 fully saturated rings. The number of aryl methyl sites for hydroxylation is 1. The van der Waals surface area contributed by atoms with Crippen molar-refractivity contribution < 1.29 is 9.90 Å². The lowest BCUT2D eigenvalue weighted by Crippen LogP contribution is -2.02. The molecule has 0 saturated carbocycles. The van der Waals surface area contributed by atoms with E-state index < -0.39 is 0 Å². The molecular weight excluding hydrogens is 200 g/mol. The topological polar surface area (TPSA) is 37.3 Å². The average Bonchev–Trinajstić information content (AvgIpc) is 2.30. The minimum absolute atomic E-state index is 0.0156. The summed E-state index contributed by atoms with van der Waals surface area (Å²) in [5, 5.41) is 9.15. The Bertz CT molecular complexity index is 513. The van der Waals surface area contributed by atoms with Crippen molar-refractivity contribution in [1.29, 1.82) is 0 Å². The van der Waals surface area contributed by atoms with Gasteiger partial charge in [-0.2, -0.15) is 0 Å². The van der Waals surface area contributed by atoms with Crippen LogP contribution in [0.2, 0.25) is 0 Å². The Morgan fingerprint density at radius 3 is 2.25 bits per heavy atom. The lowest BCUT2D eigenvalue weighted by Gasteiger charge is -2.04. The fourth-order valence-electron chi connectivity index (χ4n) is 1.60. The average molecular weight is 212 g/mol. The number of phenolic OH excluding ortho intramolecular Hbond substituents is 1. The second-order valence-electron chi connectivity index (χ2n) is 3.69. The third kappa shape index (κ3) is 1.96. The molecule has 0 aliphatic rings. The lowest BCUT2D eigenvalue weighted by molar-refractivity contribution is 0.103. The molecule has 2 aromatic rings. The van der Waals surface area contributed by atoms with Crippen LogP contribution < -0.4 is 0 Å². The van der Waals surface area contributed by atoms with Crippen molar-refractivity contribution in [2.24, 2.45) is 0 Å². The standard InChI is InChI=1S/C14H12O2/c1-10-4-2-3-5-13(10)14(16)11-6-8-12(15)9-7-11/h2-9,15H,1H3. The van der Waals surface area contributed by atoms with E-state index in [0.717, 1.165) is 5.56 Å². The van der Waals surface area contributed by atoms with Gasteiger partial charge in [-0.1, -0.05) is 24.3 Å². The smallest absolute Gasteiger partial charge is 0.193 e. The fourth-order valence-corrected chi connectivity index (χ4v) is 1.60. The molecule has 2 rings (SSSR count). The summed E-state index contributed by atoms with van der Waals surface area (Å²) >= 11 is 0. The molecule has 80 valence electrons. The van der Waals surface area contributed by atoms with Crippen LogP contribution >= 0.6 is 0 Å². The predicted molar refractivity (Wildman–Crippen MR) is 62.7 cm³/mol. The first-order valence-electron chi connectivity index (χ1n) is 5.08. The molecular formula is C14H12O2. The van der Waals surface area contributed by atoms with Gasteiger partial charge < -0.3 is 5.11 Å². The predicted octanol–water partition coefficient (Wildman–Crippen LogP) is 2.93. The maximum Gasteiger partial charge on any atom is 0.193 e. The fraction of sp³-hybridized carbons (Fsp3) is 0.0714. The third-order valence-corrected chi connectivity index (χ3v) is 2.52. The normalized spacial score (nSPS) is 10.1. The van der Waals surface area contributed by atoms with Gasteiger partial charge in [0.05, 0.1) is 0 Å². The largest absolute Gasteiger partial charge is 0.508 e. The van der Waals surface area contributed by atoms with E-state index in [4.69, 9.17) is 5.11 Å². The molecule has 0 radical (unpaired) electrons. The van der Waals surface area contributed by atoms with Gasteiger partial charge in [-0.25, -0.2) is 0 Å². The Morgan fingerprint density at radius 1 is 1.00 bits per heavy atom. The summed E-state index contributed by atoms with van der Waals surface area (Å²) in [6, 6.07) is 13.8. The van der Waals surface area contributed by atoms with E-state index in [1.807, 2.05) is 31.2 Å². The summed E-state index contributed by atoms with van der Waals surface area (Å²) in [6.07, 6.45) is 0. The minimum Gasteiger partial charge on any atom is -0.508 e. The lowest BCUT2D eigenvalue weighted by atomic mass is 9.99. The Kier molecular flexibility index (Phi) is 2.73. The van der Waals surface area contributed by atoms with E-state index in [9.17, 15) is 4.79 Å². The second-order valence-corrected chi connectivity index (χ2v) is 3.69. The highest BCUT2D eigenvalue weighted by atomic mass is 16.3. The van der Waals surface area contributed by atoms with E-state index in [-0.39, 0.29) is 11.5 Å². The maximum absolute atomic E-state index is 12.1. The number of carbonyl (C=O) groups is 1. The van der Waals surface area contributed by atoms with Gasteiger partial charge in [0.25, 0.3) is 0 Å². The molecule has 2 aromatic carbocycles. The quantitative estimate of drug-likeness (QED) is 0.777. The number of ketones is 1. The van der Waals surface area contributed by atoms with Crippen LogP contribution in [0.4, 0.5) is 0 Å². The van der Waals surface area contributed by atoms with E-state index in [1.54, 1.807) is 12.1 Å². The van der Waals surface area contributed by atoms with Crippen molar-refractivity contribution in [1.82, 2.24) is 0 Å². The van der Waals surface area contributed by atoms with Gasteiger partial charge in [0.2, 0.25) is 0 Å². The van der Waals surface area contributed by atoms with Gasteiger partial charge in [0, 0.05) is 11.1 Å². The summed E-state index contributed by atoms with van der Waals surface area (Å²) in [6.45, 7) is 1.91. The first kappa shape index (κ1) is 10.4. The van der Waals surface area contributed by atoms with Gasteiger partial charge in [-0.3, -0.25) is 4.79 Å². The molecule has 0 unspecified atom stereocenters. The molecule has 0 bridgehead atoms. The van der Waals surface area contributed by atoms with Crippen molar-refractivity contribution in [2.75, 3.05) is 0 Å². The summed E-state index contributed by atoms with van der Waals surface area (Å²) in [5.41, 5.74) is 2.25. The number of rotatable bonds is 2. The zero-order chi connectivity index (χ0) is 11.5. The highest BCUT2D eigenvalue weighted by molar-refractivity contribution is 6.09. The van der Waals surface area contributed by atoms with Crippen molar-refractivity contribution in [3.8, 4) is 5.75 Å². The van der Waals surface area contributed by atoms with Gasteiger partial charge in [0.1, 0.15) is 5.75 Å². The van der Waals surface area contributed by atoms with E-state index in [2.05, 4.69) is 0 Å². The number of benzene rings is 2.